The summed E-state index contributed by atoms with van der Waals surface area (Å²) in [5.74, 6) is -1.42. The summed E-state index contributed by atoms with van der Waals surface area (Å²) in [5.41, 5.74) is -0.500. The SMILES string of the molecule is COc1ccc(COC(=O)CCN2C(=O)NC(C)(C)C2=O)cc1F. The quantitative estimate of drug-likeness (QED) is 0.629. The van der Waals surface area contributed by atoms with Gasteiger partial charge in [-0.15, -0.1) is 0 Å². The van der Waals surface area contributed by atoms with Crippen molar-refractivity contribution in [1.82, 2.24) is 10.2 Å². The number of amides is 3. The van der Waals surface area contributed by atoms with Crippen molar-refractivity contribution < 1.29 is 28.2 Å². The van der Waals surface area contributed by atoms with Crippen molar-refractivity contribution in [1.29, 1.82) is 0 Å². The third kappa shape index (κ3) is 3.81. The highest BCUT2D eigenvalue weighted by Gasteiger charge is 2.44. The molecule has 0 spiro atoms. The number of imide groups is 1. The Morgan fingerprint density at radius 2 is 2.04 bits per heavy atom. The molecule has 1 heterocycles. The molecule has 0 atom stereocenters. The van der Waals surface area contributed by atoms with Crippen molar-refractivity contribution in [3.8, 4) is 5.75 Å². The predicted molar refractivity (Wildman–Crippen MR) is 81.7 cm³/mol. The average molecular weight is 338 g/mol. The molecule has 0 saturated carbocycles. The van der Waals surface area contributed by atoms with Crippen LogP contribution in [0.5, 0.6) is 5.75 Å². The highest BCUT2D eigenvalue weighted by Crippen LogP contribution is 2.19. The summed E-state index contributed by atoms with van der Waals surface area (Å²) in [5, 5.41) is 2.52. The Labute approximate surface area is 138 Å². The van der Waals surface area contributed by atoms with Crippen LogP contribution in [0, 0.1) is 5.82 Å². The Morgan fingerprint density at radius 3 is 2.58 bits per heavy atom. The summed E-state index contributed by atoms with van der Waals surface area (Å²) in [6, 6.07) is 3.70. The predicted octanol–water partition coefficient (Wildman–Crippen LogP) is 1.60. The van der Waals surface area contributed by atoms with Crippen LogP contribution in [-0.4, -0.2) is 42.0 Å². The number of urea groups is 1. The van der Waals surface area contributed by atoms with Crippen molar-refractivity contribution in [2.75, 3.05) is 13.7 Å². The molecule has 1 N–H and O–H groups in total. The van der Waals surface area contributed by atoms with Crippen LogP contribution >= 0.6 is 0 Å². The summed E-state index contributed by atoms with van der Waals surface area (Å²) in [7, 11) is 1.36. The van der Waals surface area contributed by atoms with Gasteiger partial charge in [-0.05, 0) is 31.5 Å². The first-order valence-electron chi connectivity index (χ1n) is 7.37. The van der Waals surface area contributed by atoms with Gasteiger partial charge < -0.3 is 14.8 Å². The van der Waals surface area contributed by atoms with E-state index in [9.17, 15) is 18.8 Å². The van der Waals surface area contributed by atoms with E-state index in [1.807, 2.05) is 0 Å². The van der Waals surface area contributed by atoms with E-state index in [4.69, 9.17) is 9.47 Å². The van der Waals surface area contributed by atoms with Crippen LogP contribution in [-0.2, 0) is 20.9 Å². The molecule has 1 aromatic carbocycles. The third-order valence-corrected chi connectivity index (χ3v) is 3.60. The van der Waals surface area contributed by atoms with Gasteiger partial charge in [0.1, 0.15) is 12.1 Å². The lowest BCUT2D eigenvalue weighted by atomic mass is 10.1. The highest BCUT2D eigenvalue weighted by molar-refractivity contribution is 6.06. The molecule has 3 amide bonds. The number of halogens is 1. The molecular weight excluding hydrogens is 319 g/mol. The molecule has 130 valence electrons. The Bertz CT molecular complexity index is 674. The van der Waals surface area contributed by atoms with E-state index < -0.39 is 29.3 Å². The summed E-state index contributed by atoms with van der Waals surface area (Å²) < 4.78 is 23.4. The monoisotopic (exact) mass is 338 g/mol. The minimum atomic E-state index is -0.971. The van der Waals surface area contributed by atoms with Crippen molar-refractivity contribution in [3.05, 3.63) is 29.6 Å². The number of rotatable bonds is 6. The van der Waals surface area contributed by atoms with E-state index in [1.165, 1.54) is 19.2 Å². The van der Waals surface area contributed by atoms with Gasteiger partial charge in [0.25, 0.3) is 5.91 Å². The molecule has 1 fully saturated rings. The van der Waals surface area contributed by atoms with E-state index in [0.29, 0.717) is 5.56 Å². The summed E-state index contributed by atoms with van der Waals surface area (Å²) in [4.78, 5) is 36.4. The number of esters is 1. The molecule has 0 radical (unpaired) electrons. The van der Waals surface area contributed by atoms with Crippen molar-refractivity contribution in [2.24, 2.45) is 0 Å². The van der Waals surface area contributed by atoms with Crippen molar-refractivity contribution in [3.63, 3.8) is 0 Å². The van der Waals surface area contributed by atoms with Crippen LogP contribution in [0.2, 0.25) is 0 Å². The summed E-state index contributed by atoms with van der Waals surface area (Å²) in [6.45, 7) is 3.00. The van der Waals surface area contributed by atoms with E-state index >= 15 is 0 Å². The lowest BCUT2D eigenvalue weighted by molar-refractivity contribution is -0.145. The third-order valence-electron chi connectivity index (χ3n) is 3.60. The second-order valence-electron chi connectivity index (χ2n) is 5.89. The number of nitrogens with zero attached hydrogens (tertiary/aromatic N) is 1. The molecule has 1 aliphatic heterocycles. The van der Waals surface area contributed by atoms with Gasteiger partial charge in [0.15, 0.2) is 11.6 Å². The van der Waals surface area contributed by atoms with E-state index in [1.54, 1.807) is 19.9 Å². The zero-order valence-corrected chi connectivity index (χ0v) is 13.7. The molecule has 1 saturated heterocycles. The Kier molecular flexibility index (Phi) is 5.06. The summed E-state index contributed by atoms with van der Waals surface area (Å²) in [6.07, 6.45) is -0.131. The first kappa shape index (κ1) is 17.7. The number of nitrogens with one attached hydrogen (secondary N) is 1. The molecule has 0 aliphatic carbocycles. The van der Waals surface area contributed by atoms with Gasteiger partial charge >= 0.3 is 12.0 Å². The molecule has 8 heteroatoms. The topological polar surface area (TPSA) is 84.9 Å². The van der Waals surface area contributed by atoms with Crippen LogP contribution in [0.15, 0.2) is 18.2 Å². The molecule has 2 rings (SSSR count). The molecule has 1 aromatic rings. The van der Waals surface area contributed by atoms with Crippen molar-refractivity contribution >= 4 is 17.9 Å². The lowest BCUT2D eigenvalue weighted by Crippen LogP contribution is -2.40. The largest absolute Gasteiger partial charge is 0.494 e. The number of benzene rings is 1. The van der Waals surface area contributed by atoms with Gasteiger partial charge in [0.2, 0.25) is 0 Å². The fourth-order valence-corrected chi connectivity index (χ4v) is 2.26. The van der Waals surface area contributed by atoms with Crippen LogP contribution in [0.25, 0.3) is 0 Å². The zero-order chi connectivity index (χ0) is 17.9. The van der Waals surface area contributed by atoms with E-state index in [-0.39, 0.29) is 25.3 Å². The number of methoxy groups -OCH3 is 1. The van der Waals surface area contributed by atoms with Crippen LogP contribution < -0.4 is 10.1 Å². The van der Waals surface area contributed by atoms with Crippen LogP contribution in [0.1, 0.15) is 25.8 Å². The molecule has 1 aliphatic rings. The molecule has 0 bridgehead atoms. The van der Waals surface area contributed by atoms with E-state index in [2.05, 4.69) is 5.32 Å². The molecule has 0 unspecified atom stereocenters. The molecule has 7 nitrogen and oxygen atoms in total. The maximum Gasteiger partial charge on any atom is 0.325 e. The van der Waals surface area contributed by atoms with Gasteiger partial charge in [-0.1, -0.05) is 6.07 Å². The van der Waals surface area contributed by atoms with Gasteiger partial charge in [0, 0.05) is 6.54 Å². The normalized spacial score (nSPS) is 16.1. The number of ether oxygens (including phenoxy) is 2. The zero-order valence-electron chi connectivity index (χ0n) is 13.7. The minimum Gasteiger partial charge on any atom is -0.494 e. The minimum absolute atomic E-state index is 0.0656. The molecule has 0 aromatic heterocycles. The fourth-order valence-electron chi connectivity index (χ4n) is 2.26. The van der Waals surface area contributed by atoms with Crippen LogP contribution in [0.3, 0.4) is 0 Å². The van der Waals surface area contributed by atoms with Gasteiger partial charge in [-0.25, -0.2) is 9.18 Å². The lowest BCUT2D eigenvalue weighted by Gasteiger charge is -2.15. The Hall–Kier alpha value is -2.64. The molecule has 24 heavy (non-hydrogen) atoms. The van der Waals surface area contributed by atoms with Gasteiger partial charge in [-0.3, -0.25) is 14.5 Å². The first-order valence-corrected chi connectivity index (χ1v) is 7.37. The molecular formula is C16H19FN2O5. The van der Waals surface area contributed by atoms with Gasteiger partial charge in [-0.2, -0.15) is 0 Å². The van der Waals surface area contributed by atoms with E-state index in [0.717, 1.165) is 4.90 Å². The highest BCUT2D eigenvalue weighted by atomic mass is 19.1. The maximum absolute atomic E-state index is 13.5. The number of hydrogen-bond donors (Lipinski definition) is 1. The summed E-state index contributed by atoms with van der Waals surface area (Å²) >= 11 is 0. The Balaban J connectivity index is 1.83. The smallest absolute Gasteiger partial charge is 0.325 e. The second-order valence-corrected chi connectivity index (χ2v) is 5.89. The Morgan fingerprint density at radius 1 is 1.33 bits per heavy atom. The second kappa shape index (κ2) is 6.86. The maximum atomic E-state index is 13.5. The van der Waals surface area contributed by atoms with Crippen molar-refractivity contribution in [2.45, 2.75) is 32.4 Å². The fraction of sp³-hybridized carbons (Fsp3) is 0.438. The number of carbonyl (C=O) groups excluding carboxylic acids is 3. The standard InChI is InChI=1S/C16H19FN2O5/c1-16(2)14(21)19(15(22)18-16)7-6-13(20)24-9-10-4-5-12(23-3)11(17)8-10/h4-5,8H,6-7,9H2,1-3H3,(H,18,22). The number of carbonyl (C=O) groups is 3. The van der Waals surface area contributed by atoms with Crippen LogP contribution in [0.4, 0.5) is 9.18 Å². The average Bonchev–Trinajstić information content (AvgIpc) is 2.71. The van der Waals surface area contributed by atoms with Gasteiger partial charge in [0.05, 0.1) is 13.5 Å². The first-order chi connectivity index (χ1) is 11.2. The number of hydrogen-bond acceptors (Lipinski definition) is 5.